The molecule has 4 rings (SSSR count). The summed E-state index contributed by atoms with van der Waals surface area (Å²) in [5.41, 5.74) is 0.639. The van der Waals surface area contributed by atoms with Crippen LogP contribution in [0.4, 0.5) is 15.7 Å². The van der Waals surface area contributed by atoms with E-state index in [0.717, 1.165) is 23.7 Å². The summed E-state index contributed by atoms with van der Waals surface area (Å²) >= 11 is 7.95. The normalized spacial score (nSPS) is 17.8. The van der Waals surface area contributed by atoms with Gasteiger partial charge in [0.15, 0.2) is 5.13 Å². The molecule has 3 heterocycles. The maximum Gasteiger partial charge on any atom is 0.410 e. The standard InChI is InChI=1S/C22H31ClN4O3S2/c1-22(2,3)30-21(28)27-10-8-14(9-11-27)32(4,29)15-12-18(23)25-19(13-15)26-20-24-16-6-5-7-17(16)31-20/h12-14,32H,5-11H2,1-4H3,(H,24,25,26). The highest BCUT2D eigenvalue weighted by molar-refractivity contribution is 8.03. The van der Waals surface area contributed by atoms with Crippen LogP contribution in [-0.2, 0) is 27.5 Å². The van der Waals surface area contributed by atoms with E-state index in [0.29, 0.717) is 41.8 Å². The molecular weight excluding hydrogens is 468 g/mol. The van der Waals surface area contributed by atoms with E-state index in [1.54, 1.807) is 22.3 Å². The number of ether oxygens (including phenoxy) is 1. The van der Waals surface area contributed by atoms with Crippen molar-refractivity contribution in [2.24, 2.45) is 0 Å². The first-order valence-electron chi connectivity index (χ1n) is 11.0. The predicted molar refractivity (Wildman–Crippen MR) is 131 cm³/mol. The van der Waals surface area contributed by atoms with Gasteiger partial charge in [-0.25, -0.2) is 14.8 Å². The van der Waals surface area contributed by atoms with Gasteiger partial charge in [-0.2, -0.15) is 0 Å². The van der Waals surface area contributed by atoms with E-state index >= 15 is 0 Å². The van der Waals surface area contributed by atoms with E-state index in [9.17, 15) is 9.00 Å². The Labute approximate surface area is 199 Å². The molecule has 0 saturated carbocycles. The number of carbonyl (C=O) groups is 1. The number of hydrogen-bond acceptors (Lipinski definition) is 7. The fourth-order valence-electron chi connectivity index (χ4n) is 4.24. The molecule has 1 amide bonds. The molecule has 7 nitrogen and oxygen atoms in total. The van der Waals surface area contributed by atoms with Crippen LogP contribution in [0.5, 0.6) is 0 Å². The van der Waals surface area contributed by atoms with E-state index in [4.69, 9.17) is 16.3 Å². The van der Waals surface area contributed by atoms with Crippen molar-refractivity contribution < 1.29 is 13.7 Å². The Balaban J connectivity index is 1.45. The maximum atomic E-state index is 13.9. The molecular formula is C22H31ClN4O3S2. The summed E-state index contributed by atoms with van der Waals surface area (Å²) in [6.07, 6.45) is 6.09. The van der Waals surface area contributed by atoms with Crippen molar-refractivity contribution in [3.63, 3.8) is 0 Å². The Morgan fingerprint density at radius 2 is 1.97 bits per heavy atom. The van der Waals surface area contributed by atoms with Gasteiger partial charge in [0.1, 0.15) is 16.6 Å². The molecule has 0 atom stereocenters. The quantitative estimate of drug-likeness (QED) is 0.464. The minimum atomic E-state index is -2.74. The molecule has 32 heavy (non-hydrogen) atoms. The van der Waals surface area contributed by atoms with Gasteiger partial charge in [-0.1, -0.05) is 21.5 Å². The number of thiol groups is 1. The SMILES string of the molecule is CC(C)(C)OC(=O)N1CCC([SH](C)(=O)c2cc(Cl)nc(Nc3nc4c(s3)CCC4)c2)CC1. The van der Waals surface area contributed by atoms with Crippen LogP contribution >= 0.6 is 22.9 Å². The third-order valence-corrected chi connectivity index (χ3v) is 10.4. The monoisotopic (exact) mass is 498 g/mol. The Morgan fingerprint density at radius 1 is 1.25 bits per heavy atom. The first kappa shape index (κ1) is 23.4. The van der Waals surface area contributed by atoms with Gasteiger partial charge in [0.2, 0.25) is 0 Å². The third-order valence-electron chi connectivity index (χ3n) is 5.94. The number of nitrogens with one attached hydrogen (secondary N) is 1. The zero-order valence-corrected chi connectivity index (χ0v) is 21.4. The molecule has 1 aliphatic carbocycles. The van der Waals surface area contributed by atoms with Gasteiger partial charge in [0.05, 0.1) is 5.69 Å². The fraction of sp³-hybridized carbons (Fsp3) is 0.591. The average Bonchev–Trinajstić information content (AvgIpc) is 3.28. The van der Waals surface area contributed by atoms with Crippen LogP contribution in [-0.4, -0.2) is 55.4 Å². The van der Waals surface area contributed by atoms with Gasteiger partial charge in [-0.3, -0.25) is 4.21 Å². The summed E-state index contributed by atoms with van der Waals surface area (Å²) in [6, 6.07) is 3.54. The number of piperidine rings is 1. The van der Waals surface area contributed by atoms with Gasteiger partial charge in [-0.05, 0) is 71.3 Å². The summed E-state index contributed by atoms with van der Waals surface area (Å²) in [7, 11) is -2.74. The Bertz CT molecular complexity index is 1040. The number of thiazole rings is 1. The van der Waals surface area contributed by atoms with Crippen LogP contribution in [0.2, 0.25) is 5.15 Å². The number of pyridine rings is 1. The van der Waals surface area contributed by atoms with E-state index in [1.807, 2.05) is 33.1 Å². The number of nitrogens with zero attached hydrogens (tertiary/aromatic N) is 3. The molecule has 2 aromatic heterocycles. The lowest BCUT2D eigenvalue weighted by atomic mass is 10.1. The van der Waals surface area contributed by atoms with Crippen molar-refractivity contribution in [2.75, 3.05) is 24.7 Å². The number of carbonyl (C=O) groups excluding carboxylic acids is 1. The van der Waals surface area contributed by atoms with Gasteiger partial charge in [0, 0.05) is 28.1 Å². The molecule has 0 unspecified atom stereocenters. The average molecular weight is 499 g/mol. The van der Waals surface area contributed by atoms with Crippen LogP contribution in [0.15, 0.2) is 17.0 Å². The minimum absolute atomic E-state index is 0.0174. The van der Waals surface area contributed by atoms with Crippen molar-refractivity contribution in [3.8, 4) is 0 Å². The number of fused-ring (bicyclic) bond motifs is 1. The van der Waals surface area contributed by atoms with Gasteiger partial charge >= 0.3 is 6.09 Å². The molecule has 1 fully saturated rings. The number of anilines is 2. The molecule has 1 aliphatic heterocycles. The zero-order valence-electron chi connectivity index (χ0n) is 19.0. The maximum absolute atomic E-state index is 13.9. The second-order valence-corrected chi connectivity index (χ2v) is 14.3. The van der Waals surface area contributed by atoms with Crippen molar-refractivity contribution in [2.45, 2.75) is 68.6 Å². The van der Waals surface area contributed by atoms with Crippen LogP contribution in [0.3, 0.4) is 0 Å². The molecule has 0 spiro atoms. The first-order chi connectivity index (χ1) is 15.0. The summed E-state index contributed by atoms with van der Waals surface area (Å²) in [6.45, 7) is 6.64. The summed E-state index contributed by atoms with van der Waals surface area (Å²) < 4.78 is 19.4. The lowest BCUT2D eigenvalue weighted by Crippen LogP contribution is -2.45. The molecule has 0 bridgehead atoms. The molecule has 1 N–H and O–H groups in total. The van der Waals surface area contributed by atoms with Crippen LogP contribution in [0.25, 0.3) is 0 Å². The molecule has 176 valence electrons. The number of likely N-dealkylation sites (tertiary alicyclic amines) is 1. The fourth-order valence-corrected chi connectivity index (χ4v) is 7.97. The second kappa shape index (κ2) is 8.91. The van der Waals surface area contributed by atoms with Gasteiger partial charge in [-0.15, -0.1) is 11.3 Å². The van der Waals surface area contributed by atoms with E-state index in [-0.39, 0.29) is 11.3 Å². The minimum Gasteiger partial charge on any atom is -0.444 e. The zero-order chi connectivity index (χ0) is 23.1. The second-order valence-electron chi connectivity index (χ2n) is 9.59. The first-order valence-corrected chi connectivity index (χ1v) is 14.4. The molecule has 2 aliphatic rings. The Kier molecular flexibility index (Phi) is 6.53. The molecule has 2 aromatic rings. The van der Waals surface area contributed by atoms with Crippen molar-refractivity contribution >= 4 is 49.9 Å². The molecule has 0 aromatic carbocycles. The molecule has 0 radical (unpaired) electrons. The van der Waals surface area contributed by atoms with E-state index in [2.05, 4.69) is 15.3 Å². The lowest BCUT2D eigenvalue weighted by Gasteiger charge is -2.38. The lowest BCUT2D eigenvalue weighted by molar-refractivity contribution is 0.0218. The highest BCUT2D eigenvalue weighted by Gasteiger charge is 2.33. The Hall–Kier alpha value is -1.71. The topological polar surface area (TPSA) is 84.4 Å². The summed E-state index contributed by atoms with van der Waals surface area (Å²) in [5.74, 6) is 0.563. The number of hydrogen-bond donors (Lipinski definition) is 2. The number of aromatic nitrogens is 2. The van der Waals surface area contributed by atoms with Crippen LogP contribution in [0, 0.1) is 0 Å². The van der Waals surface area contributed by atoms with Crippen molar-refractivity contribution in [1.29, 1.82) is 0 Å². The predicted octanol–water partition coefficient (Wildman–Crippen LogP) is 4.83. The van der Waals surface area contributed by atoms with E-state index in [1.165, 1.54) is 11.3 Å². The summed E-state index contributed by atoms with van der Waals surface area (Å²) in [4.78, 5) is 25.1. The number of aryl methyl sites for hydroxylation is 2. The highest BCUT2D eigenvalue weighted by atomic mass is 35.5. The molecule has 10 heteroatoms. The van der Waals surface area contributed by atoms with Crippen LogP contribution < -0.4 is 5.32 Å². The summed E-state index contributed by atoms with van der Waals surface area (Å²) in [5, 5.41) is 4.34. The van der Waals surface area contributed by atoms with Gasteiger partial charge < -0.3 is 15.0 Å². The van der Waals surface area contributed by atoms with Crippen molar-refractivity contribution in [3.05, 3.63) is 27.9 Å². The third kappa shape index (κ3) is 5.26. The largest absolute Gasteiger partial charge is 0.444 e. The van der Waals surface area contributed by atoms with Crippen LogP contribution in [0.1, 0.15) is 50.6 Å². The molecule has 1 saturated heterocycles. The number of amides is 1. The Morgan fingerprint density at radius 3 is 2.62 bits per heavy atom. The van der Waals surface area contributed by atoms with Crippen molar-refractivity contribution in [1.82, 2.24) is 14.9 Å². The van der Waals surface area contributed by atoms with E-state index < -0.39 is 15.5 Å². The van der Waals surface area contributed by atoms with Gasteiger partial charge in [0.25, 0.3) is 0 Å². The highest BCUT2D eigenvalue weighted by Crippen LogP contribution is 2.35. The smallest absolute Gasteiger partial charge is 0.410 e. The number of halogens is 1. The number of rotatable bonds is 4.